The minimum absolute atomic E-state index is 0.205. The Morgan fingerprint density at radius 3 is 2.48 bits per heavy atom. The monoisotopic (exact) mass is 429 g/mol. The number of benzene rings is 2. The molecule has 0 saturated carbocycles. The second-order valence-corrected chi connectivity index (χ2v) is 7.34. The summed E-state index contributed by atoms with van der Waals surface area (Å²) in [5, 5.41) is 37.3. The van der Waals surface area contributed by atoms with Gasteiger partial charge in [-0.25, -0.2) is 0 Å². The van der Waals surface area contributed by atoms with Crippen LogP contribution in [0, 0.1) is 18.3 Å². The van der Waals surface area contributed by atoms with E-state index >= 15 is 0 Å². The number of hydrogen-bond acceptors (Lipinski definition) is 9. The minimum Gasteiger partial charge on any atom is -0.360 e. The van der Waals surface area contributed by atoms with Gasteiger partial charge in [0.2, 0.25) is 10.8 Å². The van der Waals surface area contributed by atoms with E-state index < -0.39 is 0 Å². The fourth-order valence-corrected chi connectivity index (χ4v) is 3.28. The lowest BCUT2D eigenvalue weighted by Gasteiger charge is -2.03. The third kappa shape index (κ3) is 4.77. The molecule has 0 spiro atoms. The molecule has 2 aromatic carbocycles. The molecule has 0 bridgehead atoms. The molecule has 3 N–H and O–H groups in total. The van der Waals surface area contributed by atoms with Gasteiger partial charge in [-0.05, 0) is 48.5 Å². The first kappa shape index (κ1) is 19.9. The lowest BCUT2D eigenvalue weighted by molar-refractivity contribution is 0.102. The molecule has 0 atom stereocenters. The quantitative estimate of drug-likeness (QED) is 0.396. The van der Waals surface area contributed by atoms with Gasteiger partial charge in [0.05, 0.1) is 0 Å². The first-order valence-electron chi connectivity index (χ1n) is 9.05. The molecular weight excluding hydrogens is 414 g/mol. The number of anilines is 2. The topological polar surface area (TPSA) is 145 Å². The number of aromatic amines is 1. The second kappa shape index (κ2) is 8.93. The van der Waals surface area contributed by atoms with Crippen molar-refractivity contribution >= 4 is 34.2 Å². The maximum absolute atomic E-state index is 12.4. The Bertz CT molecular complexity index is 1250. The van der Waals surface area contributed by atoms with E-state index in [1.165, 1.54) is 17.5 Å². The van der Waals surface area contributed by atoms with Crippen LogP contribution < -0.4 is 10.6 Å². The highest BCUT2D eigenvalue weighted by Crippen LogP contribution is 2.25. The molecule has 0 radical (unpaired) electrons. The van der Waals surface area contributed by atoms with Gasteiger partial charge in [0.15, 0.2) is 0 Å². The highest BCUT2D eigenvalue weighted by Gasteiger charge is 2.14. The highest BCUT2D eigenvalue weighted by atomic mass is 32.1. The molecule has 10 nitrogen and oxygen atoms in total. The number of carbonyl (C=O) groups is 1. The van der Waals surface area contributed by atoms with Gasteiger partial charge in [0, 0.05) is 23.1 Å². The number of aryl methyl sites for hydroxylation is 1. The Labute approximate surface area is 180 Å². The molecule has 0 fully saturated rings. The van der Waals surface area contributed by atoms with E-state index in [0.717, 1.165) is 16.8 Å². The fourth-order valence-electron chi connectivity index (χ4n) is 2.54. The highest BCUT2D eigenvalue weighted by molar-refractivity contribution is 7.16. The molecule has 0 saturated heterocycles. The van der Waals surface area contributed by atoms with Crippen LogP contribution in [0.4, 0.5) is 11.4 Å². The van der Waals surface area contributed by atoms with Crippen molar-refractivity contribution in [1.29, 1.82) is 5.26 Å². The standard InChI is InChI=1S/C20H15N9OS/c1-12-2-6-16(7-3-12)23-18(30)20-27-26-19(31-20)13-4-8-15(9-5-13)22-11-14(10-21)17-24-28-29-25-17/h2-9,11,22H,1H3,(H,23,30)(H,24,25,28,29). The summed E-state index contributed by atoms with van der Waals surface area (Å²) in [5.74, 6) is -0.0987. The second-order valence-electron chi connectivity index (χ2n) is 6.36. The molecule has 0 aliphatic rings. The van der Waals surface area contributed by atoms with Crippen LogP contribution in [-0.2, 0) is 0 Å². The Kier molecular flexibility index (Phi) is 5.72. The summed E-state index contributed by atoms with van der Waals surface area (Å²) in [6, 6.07) is 16.9. The van der Waals surface area contributed by atoms with Gasteiger partial charge >= 0.3 is 0 Å². The van der Waals surface area contributed by atoms with E-state index in [9.17, 15) is 10.1 Å². The molecule has 4 aromatic rings. The number of carbonyl (C=O) groups excluding carboxylic acids is 1. The van der Waals surface area contributed by atoms with E-state index in [1.807, 2.05) is 61.5 Å². The number of H-pyrrole nitrogens is 1. The molecular formula is C20H15N9OS. The van der Waals surface area contributed by atoms with Crippen LogP contribution in [-0.4, -0.2) is 36.7 Å². The minimum atomic E-state index is -0.304. The Morgan fingerprint density at radius 2 is 1.81 bits per heavy atom. The zero-order chi connectivity index (χ0) is 21.6. The van der Waals surface area contributed by atoms with Crippen LogP contribution in [0.2, 0.25) is 0 Å². The fraction of sp³-hybridized carbons (Fsp3) is 0.0500. The van der Waals surface area contributed by atoms with Gasteiger partial charge in [-0.15, -0.1) is 20.4 Å². The van der Waals surface area contributed by atoms with Crippen LogP contribution in [0.1, 0.15) is 21.2 Å². The number of nitrogens with one attached hydrogen (secondary N) is 3. The molecule has 31 heavy (non-hydrogen) atoms. The molecule has 0 aliphatic heterocycles. The van der Waals surface area contributed by atoms with Crippen molar-refractivity contribution < 1.29 is 4.79 Å². The average Bonchev–Trinajstić information content (AvgIpc) is 3.49. The lowest BCUT2D eigenvalue weighted by Crippen LogP contribution is -2.11. The van der Waals surface area contributed by atoms with Crippen LogP contribution in [0.25, 0.3) is 16.1 Å². The van der Waals surface area contributed by atoms with Gasteiger partial charge in [-0.2, -0.15) is 10.5 Å². The molecule has 1 amide bonds. The molecule has 2 heterocycles. The van der Waals surface area contributed by atoms with Crippen molar-refractivity contribution in [3.63, 3.8) is 0 Å². The number of nitriles is 1. The summed E-state index contributed by atoms with van der Waals surface area (Å²) in [4.78, 5) is 12.4. The zero-order valence-electron chi connectivity index (χ0n) is 16.2. The molecule has 4 rings (SSSR count). The predicted octanol–water partition coefficient (Wildman–Crippen LogP) is 3.26. The van der Waals surface area contributed by atoms with Crippen LogP contribution in [0.3, 0.4) is 0 Å². The lowest BCUT2D eigenvalue weighted by atomic mass is 10.2. The van der Waals surface area contributed by atoms with Gasteiger partial charge in [0.25, 0.3) is 5.91 Å². The van der Waals surface area contributed by atoms with E-state index in [4.69, 9.17) is 0 Å². The molecule has 0 unspecified atom stereocenters. The summed E-state index contributed by atoms with van der Waals surface area (Å²) >= 11 is 1.21. The summed E-state index contributed by atoms with van der Waals surface area (Å²) in [5.41, 5.74) is 3.63. The van der Waals surface area contributed by atoms with Crippen LogP contribution in [0.15, 0.2) is 54.7 Å². The van der Waals surface area contributed by atoms with Gasteiger partial charge in [0.1, 0.15) is 16.6 Å². The van der Waals surface area contributed by atoms with Crippen molar-refractivity contribution in [2.24, 2.45) is 0 Å². The van der Waals surface area contributed by atoms with Crippen molar-refractivity contribution in [1.82, 2.24) is 30.8 Å². The van der Waals surface area contributed by atoms with Gasteiger partial charge < -0.3 is 10.6 Å². The smallest absolute Gasteiger partial charge is 0.286 e. The number of rotatable bonds is 6. The molecule has 0 aliphatic carbocycles. The average molecular weight is 429 g/mol. The first-order valence-corrected chi connectivity index (χ1v) is 9.86. The summed E-state index contributed by atoms with van der Waals surface area (Å²) < 4.78 is 0. The van der Waals surface area contributed by atoms with E-state index in [-0.39, 0.29) is 22.3 Å². The summed E-state index contributed by atoms with van der Waals surface area (Å²) in [6.45, 7) is 1.98. The molecule has 11 heteroatoms. The van der Waals surface area contributed by atoms with Crippen LogP contribution in [0.5, 0.6) is 0 Å². The number of aromatic nitrogens is 6. The number of hydrogen-bond donors (Lipinski definition) is 3. The number of tetrazole rings is 1. The predicted molar refractivity (Wildman–Crippen MR) is 116 cm³/mol. The number of allylic oxidation sites excluding steroid dienone is 1. The summed E-state index contributed by atoms with van der Waals surface area (Å²) in [7, 11) is 0. The Hall–Kier alpha value is -4.43. The Balaban J connectivity index is 1.42. The normalized spacial score (nSPS) is 11.0. The van der Waals surface area contributed by atoms with Crippen LogP contribution >= 0.6 is 11.3 Å². The van der Waals surface area contributed by atoms with E-state index in [0.29, 0.717) is 10.7 Å². The van der Waals surface area contributed by atoms with Gasteiger partial charge in [-0.3, -0.25) is 4.79 Å². The van der Waals surface area contributed by atoms with Crippen molar-refractivity contribution in [2.75, 3.05) is 10.6 Å². The third-order valence-corrected chi connectivity index (χ3v) is 5.12. The molecule has 2 aromatic heterocycles. The van der Waals surface area contributed by atoms with Crippen molar-refractivity contribution in [3.05, 3.63) is 71.1 Å². The van der Waals surface area contributed by atoms with E-state index in [2.05, 4.69) is 41.5 Å². The number of amides is 1. The zero-order valence-corrected chi connectivity index (χ0v) is 17.0. The summed E-state index contributed by atoms with van der Waals surface area (Å²) in [6.07, 6.45) is 1.50. The Morgan fingerprint density at radius 1 is 1.06 bits per heavy atom. The molecule has 152 valence electrons. The largest absolute Gasteiger partial charge is 0.360 e. The SMILES string of the molecule is Cc1ccc(NC(=O)c2nnc(-c3ccc(NC=C(C#N)c4nn[nH]n4)cc3)s2)cc1. The first-order chi connectivity index (χ1) is 15.1. The van der Waals surface area contributed by atoms with Crippen molar-refractivity contribution in [2.45, 2.75) is 6.92 Å². The third-order valence-electron chi connectivity index (χ3n) is 4.15. The van der Waals surface area contributed by atoms with Gasteiger partial charge in [-0.1, -0.05) is 29.0 Å². The maximum atomic E-state index is 12.4. The van der Waals surface area contributed by atoms with Crippen molar-refractivity contribution in [3.8, 4) is 16.6 Å². The van der Waals surface area contributed by atoms with E-state index in [1.54, 1.807) is 0 Å². The number of nitrogens with zero attached hydrogens (tertiary/aromatic N) is 6. The maximum Gasteiger partial charge on any atom is 0.286 e.